The van der Waals surface area contributed by atoms with E-state index >= 15 is 0 Å². The highest BCUT2D eigenvalue weighted by molar-refractivity contribution is 5.99. The minimum Gasteiger partial charge on any atom is -0.507 e. The molecular formula is C12H13N3O3. The lowest BCUT2D eigenvalue weighted by Gasteiger charge is -2.08. The summed E-state index contributed by atoms with van der Waals surface area (Å²) in [5.41, 5.74) is -0.108. The summed E-state index contributed by atoms with van der Waals surface area (Å²) >= 11 is 0. The van der Waals surface area contributed by atoms with E-state index in [4.69, 9.17) is 0 Å². The number of carbonyl (C=O) groups is 1. The standard InChI is InChI=1S/C12H13N3O3/c16-9-2-1-3-10(17)11(9)12(18)14-5-7-15-6-4-13-8-15/h1-4,6,8,16-17H,5,7H2,(H,14,18). The Balaban J connectivity index is 1.96. The third kappa shape index (κ3) is 2.60. The van der Waals surface area contributed by atoms with E-state index in [9.17, 15) is 15.0 Å². The third-order valence-electron chi connectivity index (χ3n) is 2.46. The van der Waals surface area contributed by atoms with Crippen LogP contribution < -0.4 is 5.32 Å². The Hall–Kier alpha value is -2.50. The van der Waals surface area contributed by atoms with Crippen molar-refractivity contribution in [3.05, 3.63) is 42.5 Å². The van der Waals surface area contributed by atoms with E-state index in [1.54, 1.807) is 18.7 Å². The van der Waals surface area contributed by atoms with Gasteiger partial charge < -0.3 is 20.1 Å². The molecule has 0 aliphatic carbocycles. The predicted octanol–water partition coefficient (Wildman–Crippen LogP) is 0.724. The SMILES string of the molecule is O=C(NCCn1ccnc1)c1c(O)cccc1O. The van der Waals surface area contributed by atoms with E-state index in [0.717, 1.165) is 0 Å². The highest BCUT2D eigenvalue weighted by Crippen LogP contribution is 2.25. The number of rotatable bonds is 4. The zero-order chi connectivity index (χ0) is 13.0. The molecule has 1 aromatic carbocycles. The average Bonchev–Trinajstić information content (AvgIpc) is 2.82. The quantitative estimate of drug-likeness (QED) is 0.743. The van der Waals surface area contributed by atoms with Gasteiger partial charge in [0.25, 0.3) is 5.91 Å². The third-order valence-corrected chi connectivity index (χ3v) is 2.46. The van der Waals surface area contributed by atoms with Gasteiger partial charge in [0.1, 0.15) is 17.1 Å². The van der Waals surface area contributed by atoms with Gasteiger partial charge in [0.05, 0.1) is 6.33 Å². The summed E-state index contributed by atoms with van der Waals surface area (Å²) in [7, 11) is 0. The number of nitrogens with zero attached hydrogens (tertiary/aromatic N) is 2. The molecule has 6 heteroatoms. The first-order valence-corrected chi connectivity index (χ1v) is 5.43. The minimum absolute atomic E-state index is 0.108. The van der Waals surface area contributed by atoms with Crippen LogP contribution in [0.2, 0.25) is 0 Å². The summed E-state index contributed by atoms with van der Waals surface area (Å²) < 4.78 is 1.81. The molecule has 3 N–H and O–H groups in total. The van der Waals surface area contributed by atoms with Crippen LogP contribution in [0.3, 0.4) is 0 Å². The van der Waals surface area contributed by atoms with Crippen LogP contribution in [-0.2, 0) is 6.54 Å². The normalized spacial score (nSPS) is 10.2. The molecule has 2 rings (SSSR count). The first-order chi connectivity index (χ1) is 8.68. The predicted molar refractivity (Wildman–Crippen MR) is 64.3 cm³/mol. The second-order valence-corrected chi connectivity index (χ2v) is 3.73. The van der Waals surface area contributed by atoms with Gasteiger partial charge in [-0.25, -0.2) is 4.98 Å². The summed E-state index contributed by atoms with van der Waals surface area (Å²) in [6, 6.07) is 4.17. The number of hydrogen-bond acceptors (Lipinski definition) is 4. The van der Waals surface area contributed by atoms with Gasteiger partial charge in [-0.05, 0) is 12.1 Å². The van der Waals surface area contributed by atoms with E-state index in [2.05, 4.69) is 10.3 Å². The van der Waals surface area contributed by atoms with Crippen LogP contribution in [0.15, 0.2) is 36.9 Å². The van der Waals surface area contributed by atoms with E-state index in [1.165, 1.54) is 18.2 Å². The molecule has 1 heterocycles. The Kier molecular flexibility index (Phi) is 3.47. The van der Waals surface area contributed by atoms with Gasteiger partial charge in [-0.1, -0.05) is 6.07 Å². The van der Waals surface area contributed by atoms with Crippen LogP contribution in [-0.4, -0.2) is 32.2 Å². The van der Waals surface area contributed by atoms with Gasteiger partial charge in [-0.15, -0.1) is 0 Å². The number of benzene rings is 1. The Morgan fingerprint density at radius 3 is 2.67 bits per heavy atom. The van der Waals surface area contributed by atoms with Gasteiger partial charge in [0.2, 0.25) is 0 Å². The molecule has 0 atom stereocenters. The first-order valence-electron chi connectivity index (χ1n) is 5.43. The Labute approximate surface area is 104 Å². The fraction of sp³-hybridized carbons (Fsp3) is 0.167. The number of phenols is 2. The number of nitrogens with one attached hydrogen (secondary N) is 1. The van der Waals surface area contributed by atoms with Crippen molar-refractivity contribution >= 4 is 5.91 Å². The maximum absolute atomic E-state index is 11.8. The minimum atomic E-state index is -0.509. The van der Waals surface area contributed by atoms with Crippen molar-refractivity contribution in [3.8, 4) is 11.5 Å². The number of phenolic OH excluding ortho intramolecular Hbond substituents is 2. The molecule has 0 unspecified atom stereocenters. The highest BCUT2D eigenvalue weighted by Gasteiger charge is 2.15. The summed E-state index contributed by atoms with van der Waals surface area (Å²) in [5.74, 6) is -0.990. The van der Waals surface area contributed by atoms with Crippen molar-refractivity contribution in [3.63, 3.8) is 0 Å². The molecule has 94 valence electrons. The smallest absolute Gasteiger partial charge is 0.258 e. The van der Waals surface area contributed by atoms with Crippen molar-refractivity contribution in [2.24, 2.45) is 0 Å². The van der Waals surface area contributed by atoms with Gasteiger partial charge in [0.15, 0.2) is 0 Å². The lowest BCUT2D eigenvalue weighted by Crippen LogP contribution is -2.27. The number of aromatic hydroxyl groups is 2. The van der Waals surface area contributed by atoms with Crippen molar-refractivity contribution in [2.45, 2.75) is 6.54 Å². The van der Waals surface area contributed by atoms with Crippen molar-refractivity contribution in [2.75, 3.05) is 6.54 Å². The summed E-state index contributed by atoms with van der Waals surface area (Å²) in [4.78, 5) is 15.6. The molecule has 18 heavy (non-hydrogen) atoms. The number of aromatic nitrogens is 2. The van der Waals surface area contributed by atoms with Crippen LogP contribution in [0.25, 0.3) is 0 Å². The molecular weight excluding hydrogens is 234 g/mol. The summed E-state index contributed by atoms with van der Waals surface area (Å²) in [6.45, 7) is 0.947. The monoisotopic (exact) mass is 247 g/mol. The molecule has 0 aliphatic heterocycles. The molecule has 0 saturated carbocycles. The van der Waals surface area contributed by atoms with Gasteiger partial charge >= 0.3 is 0 Å². The van der Waals surface area contributed by atoms with Crippen LogP contribution in [0.4, 0.5) is 0 Å². The van der Waals surface area contributed by atoms with Gasteiger partial charge in [0, 0.05) is 25.5 Å². The lowest BCUT2D eigenvalue weighted by molar-refractivity contribution is 0.0947. The number of amides is 1. The van der Waals surface area contributed by atoms with Crippen LogP contribution >= 0.6 is 0 Å². The molecule has 0 aliphatic rings. The highest BCUT2D eigenvalue weighted by atomic mass is 16.3. The second kappa shape index (κ2) is 5.22. The van der Waals surface area contributed by atoms with E-state index in [-0.39, 0.29) is 17.1 Å². The Morgan fingerprint density at radius 2 is 2.06 bits per heavy atom. The van der Waals surface area contributed by atoms with Gasteiger partial charge in [-0.2, -0.15) is 0 Å². The lowest BCUT2D eigenvalue weighted by atomic mass is 10.1. The molecule has 2 aromatic rings. The molecule has 1 amide bonds. The van der Waals surface area contributed by atoms with E-state index in [1.807, 2.05) is 4.57 Å². The Bertz CT molecular complexity index is 517. The van der Waals surface area contributed by atoms with Crippen LogP contribution in [0.5, 0.6) is 11.5 Å². The summed E-state index contributed by atoms with van der Waals surface area (Å²) in [5, 5.41) is 21.6. The number of imidazole rings is 1. The zero-order valence-electron chi connectivity index (χ0n) is 9.58. The largest absolute Gasteiger partial charge is 0.507 e. The topological polar surface area (TPSA) is 87.4 Å². The fourth-order valence-corrected chi connectivity index (χ4v) is 1.57. The van der Waals surface area contributed by atoms with Crippen molar-refractivity contribution in [1.82, 2.24) is 14.9 Å². The molecule has 1 aromatic heterocycles. The molecule has 0 fully saturated rings. The van der Waals surface area contributed by atoms with E-state index < -0.39 is 5.91 Å². The second-order valence-electron chi connectivity index (χ2n) is 3.73. The van der Waals surface area contributed by atoms with E-state index in [0.29, 0.717) is 13.1 Å². The molecule has 0 spiro atoms. The van der Waals surface area contributed by atoms with Crippen LogP contribution in [0, 0.1) is 0 Å². The van der Waals surface area contributed by atoms with Gasteiger partial charge in [-0.3, -0.25) is 4.79 Å². The van der Waals surface area contributed by atoms with Crippen molar-refractivity contribution < 1.29 is 15.0 Å². The fourth-order valence-electron chi connectivity index (χ4n) is 1.57. The molecule has 6 nitrogen and oxygen atoms in total. The molecule has 0 radical (unpaired) electrons. The molecule has 0 bridgehead atoms. The maximum atomic E-state index is 11.8. The molecule has 0 saturated heterocycles. The summed E-state index contributed by atoms with van der Waals surface area (Å²) in [6.07, 6.45) is 5.07. The maximum Gasteiger partial charge on any atom is 0.258 e. The number of carbonyl (C=O) groups excluding carboxylic acids is 1. The van der Waals surface area contributed by atoms with Crippen LogP contribution in [0.1, 0.15) is 10.4 Å². The first kappa shape index (κ1) is 12.0. The number of hydrogen-bond donors (Lipinski definition) is 3. The average molecular weight is 247 g/mol. The Morgan fingerprint density at radius 1 is 1.33 bits per heavy atom. The zero-order valence-corrected chi connectivity index (χ0v) is 9.58. The van der Waals surface area contributed by atoms with Crippen molar-refractivity contribution in [1.29, 1.82) is 0 Å².